The number of aliphatic hydroxyl groups is 1. The monoisotopic (exact) mass is 252 g/mol. The minimum absolute atomic E-state index is 0.0661. The van der Waals surface area contributed by atoms with E-state index in [1.807, 2.05) is 20.8 Å². The fraction of sp³-hybridized carbons (Fsp3) is 0.733. The van der Waals surface area contributed by atoms with E-state index < -0.39 is 0 Å². The molecule has 2 N–H and O–H groups in total. The lowest BCUT2D eigenvalue weighted by molar-refractivity contribution is -0.499. The van der Waals surface area contributed by atoms with Gasteiger partial charge in [-0.3, -0.25) is 4.79 Å². The van der Waals surface area contributed by atoms with Crippen molar-refractivity contribution in [3.05, 3.63) is 11.3 Å². The van der Waals surface area contributed by atoms with Gasteiger partial charge in [-0.25, -0.2) is 4.99 Å². The van der Waals surface area contributed by atoms with Crippen LogP contribution in [0.1, 0.15) is 60.3 Å². The van der Waals surface area contributed by atoms with Crippen molar-refractivity contribution in [2.45, 2.75) is 66.3 Å². The average Bonchev–Trinajstić information content (AvgIpc) is 2.24. The van der Waals surface area contributed by atoms with Crippen LogP contribution in [0.25, 0.3) is 0 Å². The van der Waals surface area contributed by atoms with E-state index in [1.54, 1.807) is 0 Å². The highest BCUT2D eigenvalue weighted by Gasteiger charge is 2.36. The van der Waals surface area contributed by atoms with Gasteiger partial charge in [-0.2, -0.15) is 0 Å². The van der Waals surface area contributed by atoms with Crippen molar-refractivity contribution in [2.24, 2.45) is 5.41 Å². The van der Waals surface area contributed by atoms with Crippen LogP contribution in [-0.4, -0.2) is 22.6 Å². The molecule has 0 aromatic heterocycles. The quantitative estimate of drug-likeness (QED) is 0.751. The van der Waals surface area contributed by atoms with Crippen LogP contribution in [0.4, 0.5) is 0 Å². The van der Waals surface area contributed by atoms with Crippen molar-refractivity contribution >= 4 is 11.5 Å². The van der Waals surface area contributed by atoms with Crippen molar-refractivity contribution in [3.8, 4) is 0 Å². The highest BCUT2D eigenvalue weighted by molar-refractivity contribution is 6.21. The molecule has 18 heavy (non-hydrogen) atoms. The SMILES string of the molecule is CCC(=[NH+][C@@H](C)CC)C1=C(O)CC(C)(C)CC1=O. The first kappa shape index (κ1) is 14.9. The molecule has 0 heterocycles. The van der Waals surface area contributed by atoms with E-state index in [9.17, 15) is 9.90 Å². The fourth-order valence-electron chi connectivity index (χ4n) is 2.38. The summed E-state index contributed by atoms with van der Waals surface area (Å²) in [6.45, 7) is 10.2. The van der Waals surface area contributed by atoms with Gasteiger partial charge in [0, 0.05) is 25.7 Å². The fourth-order valence-corrected chi connectivity index (χ4v) is 2.38. The molecule has 0 amide bonds. The molecule has 0 radical (unpaired) electrons. The second-order valence-corrected chi connectivity index (χ2v) is 6.05. The summed E-state index contributed by atoms with van der Waals surface area (Å²) in [7, 11) is 0. The lowest BCUT2D eigenvalue weighted by Crippen LogP contribution is -2.79. The zero-order valence-electron chi connectivity index (χ0n) is 12.3. The molecule has 0 spiro atoms. The van der Waals surface area contributed by atoms with Crippen molar-refractivity contribution in [1.29, 1.82) is 0 Å². The van der Waals surface area contributed by atoms with E-state index in [2.05, 4.69) is 18.8 Å². The van der Waals surface area contributed by atoms with Gasteiger partial charge in [0.1, 0.15) is 17.4 Å². The van der Waals surface area contributed by atoms with Gasteiger partial charge in [-0.15, -0.1) is 0 Å². The second-order valence-electron chi connectivity index (χ2n) is 6.05. The number of rotatable bonds is 4. The van der Waals surface area contributed by atoms with Gasteiger partial charge in [0.2, 0.25) is 0 Å². The third-order valence-electron chi connectivity index (χ3n) is 3.54. The van der Waals surface area contributed by atoms with Gasteiger partial charge in [-0.1, -0.05) is 27.7 Å². The number of carbonyl (C=O) groups excluding carboxylic acids is 1. The summed E-state index contributed by atoms with van der Waals surface area (Å²) in [5.41, 5.74) is 1.30. The van der Waals surface area contributed by atoms with Crippen molar-refractivity contribution < 1.29 is 14.9 Å². The topological polar surface area (TPSA) is 51.3 Å². The van der Waals surface area contributed by atoms with Gasteiger partial charge in [0.05, 0.1) is 0 Å². The van der Waals surface area contributed by atoms with Gasteiger partial charge < -0.3 is 5.11 Å². The van der Waals surface area contributed by atoms with E-state index in [0.29, 0.717) is 24.5 Å². The van der Waals surface area contributed by atoms with Crippen LogP contribution < -0.4 is 4.99 Å². The van der Waals surface area contributed by atoms with Gasteiger partial charge in [0.15, 0.2) is 11.5 Å². The molecule has 1 aliphatic carbocycles. The molecule has 1 aliphatic rings. The Labute approximate surface area is 110 Å². The van der Waals surface area contributed by atoms with E-state index in [4.69, 9.17) is 0 Å². The molecule has 0 bridgehead atoms. The minimum Gasteiger partial charge on any atom is -0.511 e. The van der Waals surface area contributed by atoms with E-state index in [1.165, 1.54) is 0 Å². The molecule has 102 valence electrons. The minimum atomic E-state index is -0.125. The molecule has 0 unspecified atom stereocenters. The third-order valence-corrected chi connectivity index (χ3v) is 3.54. The summed E-state index contributed by atoms with van der Waals surface area (Å²) in [5, 5.41) is 10.2. The summed E-state index contributed by atoms with van der Waals surface area (Å²) in [4.78, 5) is 15.6. The maximum absolute atomic E-state index is 12.2. The molecule has 3 nitrogen and oxygen atoms in total. The van der Waals surface area contributed by atoms with E-state index in [0.717, 1.165) is 18.6 Å². The van der Waals surface area contributed by atoms with E-state index in [-0.39, 0.29) is 17.0 Å². The van der Waals surface area contributed by atoms with Crippen LogP contribution in [0.15, 0.2) is 11.3 Å². The van der Waals surface area contributed by atoms with E-state index >= 15 is 0 Å². The highest BCUT2D eigenvalue weighted by Crippen LogP contribution is 2.35. The maximum Gasteiger partial charge on any atom is 0.188 e. The molecule has 0 aromatic carbocycles. The summed E-state index contributed by atoms with van der Waals surface area (Å²) >= 11 is 0. The molecule has 1 rings (SSSR count). The first-order valence-corrected chi connectivity index (χ1v) is 6.88. The molecule has 0 aliphatic heterocycles. The van der Waals surface area contributed by atoms with Crippen molar-refractivity contribution in [3.63, 3.8) is 0 Å². The number of Topliss-reactive ketones (excluding diaryl/α,β-unsaturated/α-hetero) is 1. The van der Waals surface area contributed by atoms with Crippen LogP contribution in [-0.2, 0) is 4.79 Å². The maximum atomic E-state index is 12.2. The Kier molecular flexibility index (Phi) is 4.71. The molecule has 0 fully saturated rings. The van der Waals surface area contributed by atoms with Crippen molar-refractivity contribution in [2.75, 3.05) is 0 Å². The Bertz CT molecular complexity index is 391. The normalized spacial score (nSPS) is 22.3. The number of aliphatic hydroxyl groups excluding tert-OH is 1. The number of nitrogens with one attached hydrogen (secondary N) is 1. The largest absolute Gasteiger partial charge is 0.511 e. The van der Waals surface area contributed by atoms with Crippen LogP contribution in [0, 0.1) is 5.41 Å². The van der Waals surface area contributed by atoms with Gasteiger partial charge in [0.25, 0.3) is 0 Å². The highest BCUT2D eigenvalue weighted by atomic mass is 16.3. The summed E-state index contributed by atoms with van der Waals surface area (Å²) in [6, 6.07) is 0.322. The zero-order chi connectivity index (χ0) is 13.9. The summed E-state index contributed by atoms with van der Waals surface area (Å²) < 4.78 is 0. The van der Waals surface area contributed by atoms with Gasteiger partial charge >= 0.3 is 0 Å². The first-order chi connectivity index (χ1) is 8.30. The molecule has 1 atom stereocenters. The predicted octanol–water partition coefficient (Wildman–Crippen LogP) is 1.92. The number of hydrogen-bond acceptors (Lipinski definition) is 2. The molecule has 0 saturated carbocycles. The van der Waals surface area contributed by atoms with Crippen LogP contribution in [0.5, 0.6) is 0 Å². The summed E-state index contributed by atoms with van der Waals surface area (Å²) in [6.07, 6.45) is 2.84. The average molecular weight is 252 g/mol. The Morgan fingerprint density at radius 1 is 1.39 bits per heavy atom. The predicted molar refractivity (Wildman–Crippen MR) is 73.7 cm³/mol. The van der Waals surface area contributed by atoms with Gasteiger partial charge in [-0.05, 0) is 12.3 Å². The smallest absolute Gasteiger partial charge is 0.188 e. The molecule has 0 saturated heterocycles. The third kappa shape index (κ3) is 3.44. The molecule has 0 aromatic rings. The second kappa shape index (κ2) is 5.68. The van der Waals surface area contributed by atoms with Crippen LogP contribution in [0.2, 0.25) is 0 Å². The Hall–Kier alpha value is -1.12. The first-order valence-electron chi connectivity index (χ1n) is 6.88. The van der Waals surface area contributed by atoms with Crippen LogP contribution >= 0.6 is 0 Å². The lowest BCUT2D eigenvalue weighted by atomic mass is 9.75. The van der Waals surface area contributed by atoms with Crippen LogP contribution in [0.3, 0.4) is 0 Å². The summed E-state index contributed by atoms with van der Waals surface area (Å²) in [5.74, 6) is 0.320. The Morgan fingerprint density at radius 2 is 2.00 bits per heavy atom. The Morgan fingerprint density at radius 3 is 2.44 bits per heavy atom. The molecular formula is C15H26NO2+. The zero-order valence-corrected chi connectivity index (χ0v) is 12.3. The molecular weight excluding hydrogens is 226 g/mol. The Balaban J connectivity index is 3.13. The molecule has 3 heteroatoms. The number of allylic oxidation sites excluding steroid dienone is 2. The number of carbonyl (C=O) groups is 1. The van der Waals surface area contributed by atoms with Crippen molar-refractivity contribution in [1.82, 2.24) is 0 Å². The number of hydrogen-bond donors (Lipinski definition) is 2. The lowest BCUT2D eigenvalue weighted by Gasteiger charge is -2.28. The number of ketones is 1. The standard InChI is InChI=1S/C15H25NO2/c1-6-10(3)16-11(7-2)14-12(17)8-15(4,5)9-13(14)18/h10,17H,6-9H2,1-5H3/p+1/t10-/m0/s1.